The number of hydrogen-bond donors (Lipinski definition) is 1. The van der Waals surface area contributed by atoms with Crippen molar-refractivity contribution in [3.05, 3.63) is 124 Å². The van der Waals surface area contributed by atoms with Gasteiger partial charge in [0, 0.05) is 70.3 Å². The van der Waals surface area contributed by atoms with E-state index in [1.165, 1.54) is 11.1 Å². The van der Waals surface area contributed by atoms with Crippen molar-refractivity contribution in [1.29, 1.82) is 0 Å². The summed E-state index contributed by atoms with van der Waals surface area (Å²) in [6, 6.07) is 19.8. The van der Waals surface area contributed by atoms with Gasteiger partial charge in [-0.05, 0) is 176 Å². The first-order valence-corrected chi connectivity index (χ1v) is 25.4. The number of carbonyl (C=O) groups excluding carboxylic acids is 3. The molecule has 73 heavy (non-hydrogen) atoms. The number of aryl methyl sites for hydroxylation is 2. The summed E-state index contributed by atoms with van der Waals surface area (Å²) in [5.41, 5.74) is 7.64. The zero-order valence-corrected chi connectivity index (χ0v) is 45.9. The summed E-state index contributed by atoms with van der Waals surface area (Å²) >= 11 is 3.45. The molecule has 3 aliphatic heterocycles. The number of hydrogen-bond acceptors (Lipinski definition) is 12. The standard InChI is InChI=1S/C22H24N4O2.C19H21BrN2O2.C14H23BN2O4/c1-14-16(5-4-6-20(14)28-3)11-17-9-10-26(22(17)27)21-8-7-19(15(2)25-21)18-12-23-24-13-18;1-12-14(5-4-6-17(12)24-3)11-15-9-10-22(19(15)23)18-8-7-16(20)13(2)21-18;1-12(2,3)19-11(18)17-9-10(8-16-17)15-20-13(4,5)14(6,7)21-15/h4-8,12-13,17H,9-11H2,1-3H3,(H,23,24);4-8,15H,9-11H2,1-3H3;8-9H,1-7H3. The van der Waals surface area contributed by atoms with Crippen molar-refractivity contribution in [3.8, 4) is 22.6 Å². The predicted molar refractivity (Wildman–Crippen MR) is 287 cm³/mol. The Bertz CT molecular complexity index is 2920. The summed E-state index contributed by atoms with van der Waals surface area (Å²) in [6.07, 6.45) is 9.39. The van der Waals surface area contributed by atoms with E-state index in [0.29, 0.717) is 12.0 Å². The largest absolute Gasteiger partial charge is 0.498 e. The minimum absolute atomic E-state index is 0.00144. The Morgan fingerprint density at radius 1 is 0.767 bits per heavy atom. The third-order valence-electron chi connectivity index (χ3n) is 13.9. The lowest BCUT2D eigenvalue weighted by molar-refractivity contribution is -0.121. The first kappa shape index (κ1) is 54.4. The van der Waals surface area contributed by atoms with Gasteiger partial charge in [0.1, 0.15) is 28.7 Å². The van der Waals surface area contributed by atoms with Crippen molar-refractivity contribution >= 4 is 58.1 Å². The number of pyridine rings is 2. The maximum atomic E-state index is 13.0. The molecule has 9 rings (SSSR count). The quantitative estimate of drug-likeness (QED) is 0.129. The molecule has 0 saturated carbocycles. The van der Waals surface area contributed by atoms with Crippen molar-refractivity contribution in [2.45, 2.75) is 119 Å². The third kappa shape index (κ3) is 12.5. The van der Waals surface area contributed by atoms with Gasteiger partial charge in [0.15, 0.2) is 0 Å². The molecular formula is C55H68BBrN8O8. The summed E-state index contributed by atoms with van der Waals surface area (Å²) in [6.45, 7) is 22.7. The molecule has 386 valence electrons. The average molecular weight is 1060 g/mol. The Kier molecular flexibility index (Phi) is 16.7. The molecular weight excluding hydrogens is 991 g/mol. The van der Waals surface area contributed by atoms with Crippen LogP contribution >= 0.6 is 15.9 Å². The van der Waals surface area contributed by atoms with Gasteiger partial charge in [-0.2, -0.15) is 14.9 Å². The third-order valence-corrected chi connectivity index (χ3v) is 14.8. The maximum absolute atomic E-state index is 13.0. The second-order valence-electron chi connectivity index (χ2n) is 20.7. The summed E-state index contributed by atoms with van der Waals surface area (Å²) in [5, 5.41) is 10.8. The van der Waals surface area contributed by atoms with Gasteiger partial charge in [-0.25, -0.2) is 14.8 Å². The molecule has 3 saturated heterocycles. The van der Waals surface area contributed by atoms with Crippen LogP contribution < -0.4 is 24.7 Å². The molecule has 7 heterocycles. The molecule has 2 aromatic carbocycles. The smallest absolute Gasteiger partial charge is 0.496 e. The second kappa shape index (κ2) is 22.4. The summed E-state index contributed by atoms with van der Waals surface area (Å²) in [5.74, 6) is 3.48. The predicted octanol–water partition coefficient (Wildman–Crippen LogP) is 9.72. The molecule has 18 heteroatoms. The number of aromatic nitrogens is 6. The number of rotatable bonds is 10. The van der Waals surface area contributed by atoms with Crippen LogP contribution in [0.25, 0.3) is 11.1 Å². The Balaban J connectivity index is 0.000000162. The van der Waals surface area contributed by atoms with Gasteiger partial charge in [0.25, 0.3) is 0 Å². The zero-order chi connectivity index (χ0) is 53.0. The number of amides is 2. The van der Waals surface area contributed by atoms with E-state index in [-0.39, 0.29) is 23.7 Å². The molecule has 2 amide bonds. The van der Waals surface area contributed by atoms with Crippen molar-refractivity contribution < 1.29 is 37.9 Å². The minimum Gasteiger partial charge on any atom is -0.496 e. The minimum atomic E-state index is -0.562. The van der Waals surface area contributed by atoms with Crippen LogP contribution in [0.1, 0.15) is 94.9 Å². The van der Waals surface area contributed by atoms with E-state index in [4.69, 9.17) is 28.5 Å². The molecule has 0 spiro atoms. The van der Waals surface area contributed by atoms with E-state index in [1.54, 1.807) is 37.7 Å². The lowest BCUT2D eigenvalue weighted by atomic mass is 9.82. The van der Waals surface area contributed by atoms with Crippen LogP contribution in [-0.4, -0.2) is 99.1 Å². The van der Waals surface area contributed by atoms with Crippen molar-refractivity contribution in [1.82, 2.24) is 29.9 Å². The van der Waals surface area contributed by atoms with Gasteiger partial charge in [0.05, 0.1) is 37.3 Å². The van der Waals surface area contributed by atoms with Gasteiger partial charge in [-0.1, -0.05) is 24.3 Å². The highest BCUT2D eigenvalue weighted by molar-refractivity contribution is 9.10. The molecule has 16 nitrogen and oxygen atoms in total. The molecule has 0 radical (unpaired) electrons. The highest BCUT2D eigenvalue weighted by Crippen LogP contribution is 2.37. The number of ether oxygens (including phenoxy) is 3. The number of aromatic amines is 1. The molecule has 2 atom stereocenters. The molecule has 3 fully saturated rings. The normalized spacial score (nSPS) is 18.0. The van der Waals surface area contributed by atoms with Crippen molar-refractivity contribution in [2.24, 2.45) is 11.8 Å². The second-order valence-corrected chi connectivity index (χ2v) is 21.5. The van der Waals surface area contributed by atoms with Crippen LogP contribution in [0, 0.1) is 39.5 Å². The first-order chi connectivity index (χ1) is 34.5. The molecule has 0 bridgehead atoms. The highest BCUT2D eigenvalue weighted by atomic mass is 79.9. The SMILES string of the molecule is CC(C)(C)OC(=O)n1cc(B2OC(C)(C)C(C)(C)O2)cn1.COc1cccc(CC2CCN(c3ccc(-c4cn[nH]c4)c(C)n3)C2=O)c1C.COc1cccc(CC2CCN(c3ccc(Br)c(C)n3)C2=O)c1C. The maximum Gasteiger partial charge on any atom is 0.498 e. The number of methoxy groups -OCH3 is 2. The van der Waals surface area contributed by atoms with Crippen molar-refractivity contribution in [2.75, 3.05) is 37.1 Å². The molecule has 6 aromatic rings. The molecule has 3 aliphatic rings. The Morgan fingerprint density at radius 3 is 1.75 bits per heavy atom. The lowest BCUT2D eigenvalue weighted by Gasteiger charge is -2.32. The monoisotopic (exact) mass is 1060 g/mol. The van der Waals surface area contributed by atoms with E-state index in [0.717, 1.165) is 98.2 Å². The van der Waals surface area contributed by atoms with E-state index < -0.39 is 30.0 Å². The molecule has 0 aliphatic carbocycles. The summed E-state index contributed by atoms with van der Waals surface area (Å²) in [7, 11) is 2.82. The number of H-pyrrole nitrogens is 1. The van der Waals surface area contributed by atoms with Crippen LogP contribution in [0.4, 0.5) is 16.4 Å². The fourth-order valence-corrected chi connectivity index (χ4v) is 9.20. The summed E-state index contributed by atoms with van der Waals surface area (Å²) < 4.78 is 30.0. The van der Waals surface area contributed by atoms with Gasteiger partial charge in [0.2, 0.25) is 11.8 Å². The molecule has 2 unspecified atom stereocenters. The number of anilines is 2. The van der Waals surface area contributed by atoms with Gasteiger partial charge in [-0.15, -0.1) is 0 Å². The van der Waals surface area contributed by atoms with E-state index in [1.807, 2.05) is 136 Å². The number of nitrogens with zero attached hydrogens (tertiary/aromatic N) is 7. The van der Waals surface area contributed by atoms with Gasteiger partial charge < -0.3 is 23.5 Å². The number of halogens is 1. The van der Waals surface area contributed by atoms with Crippen LogP contribution in [-0.2, 0) is 36.5 Å². The number of carbonyl (C=O) groups is 3. The van der Waals surface area contributed by atoms with E-state index in [2.05, 4.69) is 48.3 Å². The first-order valence-electron chi connectivity index (χ1n) is 24.6. The fourth-order valence-electron chi connectivity index (χ4n) is 8.98. The van der Waals surface area contributed by atoms with Gasteiger partial charge >= 0.3 is 13.2 Å². The van der Waals surface area contributed by atoms with Crippen LogP contribution in [0.3, 0.4) is 0 Å². The molecule has 1 N–H and O–H groups in total. The zero-order valence-electron chi connectivity index (χ0n) is 44.3. The Morgan fingerprint density at radius 2 is 1.29 bits per heavy atom. The van der Waals surface area contributed by atoms with Crippen LogP contribution in [0.2, 0.25) is 0 Å². The van der Waals surface area contributed by atoms with Crippen LogP contribution in [0.15, 0.2) is 89.9 Å². The summed E-state index contributed by atoms with van der Waals surface area (Å²) in [4.78, 5) is 50.6. The Hall–Kier alpha value is -6.37. The Labute approximate surface area is 437 Å². The lowest BCUT2D eigenvalue weighted by Crippen LogP contribution is -2.41. The number of benzene rings is 2. The van der Waals surface area contributed by atoms with E-state index in [9.17, 15) is 14.4 Å². The average Bonchev–Trinajstić information content (AvgIpc) is 4.20. The highest BCUT2D eigenvalue weighted by Gasteiger charge is 2.52. The van der Waals surface area contributed by atoms with Crippen LogP contribution in [0.5, 0.6) is 11.5 Å². The van der Waals surface area contributed by atoms with Gasteiger partial charge in [-0.3, -0.25) is 24.5 Å². The van der Waals surface area contributed by atoms with Crippen molar-refractivity contribution in [3.63, 3.8) is 0 Å². The molecule has 4 aromatic heterocycles. The van der Waals surface area contributed by atoms with E-state index >= 15 is 0 Å². The number of nitrogens with one attached hydrogen (secondary N) is 1. The topological polar surface area (TPSA) is 176 Å². The fraction of sp³-hybridized carbons (Fsp3) is 0.436.